The number of rotatable bonds is 3. The average Bonchev–Trinajstić information content (AvgIpc) is 2.15. The summed E-state index contributed by atoms with van der Waals surface area (Å²) in [6, 6.07) is 0. The number of nitrogens with zero attached hydrogens (tertiary/aromatic N) is 1. The Morgan fingerprint density at radius 1 is 1.21 bits per heavy atom. The monoisotopic (exact) mass is 265 g/mol. The topological polar surface area (TPSA) is 40.5 Å². The van der Waals surface area contributed by atoms with Crippen LogP contribution in [0, 0.1) is 10.8 Å². The zero-order chi connectivity index (χ0) is 14.8. The van der Waals surface area contributed by atoms with E-state index in [1.54, 1.807) is 6.08 Å². The van der Waals surface area contributed by atoms with E-state index in [4.69, 9.17) is 5.11 Å². The first-order valence-electron chi connectivity index (χ1n) is 6.87. The molecule has 1 heterocycles. The summed E-state index contributed by atoms with van der Waals surface area (Å²) in [7, 11) is 0. The summed E-state index contributed by atoms with van der Waals surface area (Å²) in [5.41, 5.74) is 1.92. The minimum atomic E-state index is -0.832. The van der Waals surface area contributed by atoms with Crippen molar-refractivity contribution in [2.24, 2.45) is 10.8 Å². The lowest BCUT2D eigenvalue weighted by atomic mass is 9.87. The first kappa shape index (κ1) is 15.8. The van der Waals surface area contributed by atoms with Crippen LogP contribution in [-0.2, 0) is 4.79 Å². The quantitative estimate of drug-likeness (QED) is 0.846. The highest BCUT2D eigenvalue weighted by atomic mass is 16.4. The van der Waals surface area contributed by atoms with Gasteiger partial charge in [0.05, 0.1) is 5.57 Å². The maximum atomic E-state index is 11.1. The Morgan fingerprint density at radius 3 is 2.21 bits per heavy atom. The molecule has 3 heteroatoms. The van der Waals surface area contributed by atoms with Gasteiger partial charge in [0.2, 0.25) is 0 Å². The van der Waals surface area contributed by atoms with Gasteiger partial charge in [-0.3, -0.25) is 0 Å². The Kier molecular flexibility index (Phi) is 4.49. The summed E-state index contributed by atoms with van der Waals surface area (Å²) in [5, 5.41) is 9.14. The van der Waals surface area contributed by atoms with Crippen LogP contribution in [0.4, 0.5) is 0 Å². The molecule has 0 saturated heterocycles. The number of aliphatic carboxylic acids is 1. The number of hydrogen-bond acceptors (Lipinski definition) is 2. The van der Waals surface area contributed by atoms with Crippen molar-refractivity contribution in [1.82, 2.24) is 4.90 Å². The van der Waals surface area contributed by atoms with E-state index in [-0.39, 0.29) is 10.8 Å². The largest absolute Gasteiger partial charge is 0.478 e. The highest BCUT2D eigenvalue weighted by Gasteiger charge is 2.25. The van der Waals surface area contributed by atoms with E-state index in [1.807, 2.05) is 6.08 Å². The molecule has 3 nitrogen and oxygen atoms in total. The zero-order valence-corrected chi connectivity index (χ0v) is 13.1. The molecule has 1 rings (SSSR count). The van der Waals surface area contributed by atoms with Gasteiger partial charge in [-0.05, 0) is 23.3 Å². The van der Waals surface area contributed by atoms with E-state index in [0.717, 1.165) is 18.7 Å². The normalized spacial score (nSPS) is 17.1. The molecule has 0 aromatic carbocycles. The predicted molar refractivity (Wildman–Crippen MR) is 78.9 cm³/mol. The lowest BCUT2D eigenvalue weighted by Gasteiger charge is -2.37. The molecular formula is C16H27NO2. The van der Waals surface area contributed by atoms with Crippen LogP contribution >= 0.6 is 0 Å². The molecule has 1 N–H and O–H groups in total. The first-order chi connectivity index (χ1) is 8.48. The number of carboxylic acid groups (broad SMARTS) is 1. The SMILES string of the molecule is CC(C)(C)CC1=CC(C(=O)O)=CCN1CC(C)(C)C. The van der Waals surface area contributed by atoms with Gasteiger partial charge in [-0.2, -0.15) is 0 Å². The predicted octanol–water partition coefficient (Wildman–Crippen LogP) is 3.68. The lowest BCUT2D eigenvalue weighted by Crippen LogP contribution is -2.35. The van der Waals surface area contributed by atoms with Gasteiger partial charge < -0.3 is 10.0 Å². The molecule has 0 aromatic heterocycles. The minimum absolute atomic E-state index is 0.156. The Bertz CT molecular complexity index is 405. The van der Waals surface area contributed by atoms with Crippen LogP contribution in [0.3, 0.4) is 0 Å². The maximum Gasteiger partial charge on any atom is 0.335 e. The third kappa shape index (κ3) is 5.50. The number of hydrogen-bond donors (Lipinski definition) is 1. The van der Waals surface area contributed by atoms with Crippen LogP contribution in [0.1, 0.15) is 48.0 Å². The van der Waals surface area contributed by atoms with Crippen LogP contribution in [0.25, 0.3) is 0 Å². The van der Waals surface area contributed by atoms with Crippen molar-refractivity contribution in [2.45, 2.75) is 48.0 Å². The fourth-order valence-electron chi connectivity index (χ4n) is 2.25. The highest BCUT2D eigenvalue weighted by Crippen LogP contribution is 2.31. The molecule has 0 fully saturated rings. The van der Waals surface area contributed by atoms with Gasteiger partial charge in [-0.15, -0.1) is 0 Å². The van der Waals surface area contributed by atoms with Gasteiger partial charge in [0.15, 0.2) is 0 Å². The Labute approximate surface area is 117 Å². The van der Waals surface area contributed by atoms with E-state index in [9.17, 15) is 4.79 Å². The van der Waals surface area contributed by atoms with E-state index >= 15 is 0 Å². The molecule has 0 unspecified atom stereocenters. The van der Waals surface area contributed by atoms with Crippen LogP contribution in [0.5, 0.6) is 0 Å². The second-order valence-corrected chi connectivity index (χ2v) is 7.78. The van der Waals surface area contributed by atoms with Gasteiger partial charge in [0.1, 0.15) is 0 Å². The van der Waals surface area contributed by atoms with Gasteiger partial charge >= 0.3 is 5.97 Å². The van der Waals surface area contributed by atoms with Gasteiger partial charge in [-0.1, -0.05) is 47.6 Å². The summed E-state index contributed by atoms with van der Waals surface area (Å²) >= 11 is 0. The molecule has 0 aromatic rings. The number of carboxylic acids is 1. The van der Waals surface area contributed by atoms with Crippen molar-refractivity contribution in [3.8, 4) is 0 Å². The molecule has 0 radical (unpaired) electrons. The zero-order valence-electron chi connectivity index (χ0n) is 13.1. The Balaban J connectivity index is 2.96. The summed E-state index contributed by atoms with van der Waals surface area (Å²) in [6.45, 7) is 14.8. The highest BCUT2D eigenvalue weighted by molar-refractivity contribution is 5.90. The minimum Gasteiger partial charge on any atom is -0.478 e. The summed E-state index contributed by atoms with van der Waals surface area (Å²) in [6.07, 6.45) is 4.54. The molecule has 0 atom stereocenters. The van der Waals surface area contributed by atoms with Crippen LogP contribution in [0.2, 0.25) is 0 Å². The van der Waals surface area contributed by atoms with Gasteiger partial charge in [-0.25, -0.2) is 4.79 Å². The average molecular weight is 265 g/mol. The van der Waals surface area contributed by atoms with Crippen molar-refractivity contribution >= 4 is 5.97 Å². The van der Waals surface area contributed by atoms with Crippen LogP contribution in [0.15, 0.2) is 23.4 Å². The maximum absolute atomic E-state index is 11.1. The Hall–Kier alpha value is -1.25. The van der Waals surface area contributed by atoms with Crippen molar-refractivity contribution in [3.05, 3.63) is 23.4 Å². The third-order valence-electron chi connectivity index (χ3n) is 2.88. The van der Waals surface area contributed by atoms with Crippen molar-refractivity contribution in [2.75, 3.05) is 13.1 Å². The molecular weight excluding hydrogens is 238 g/mol. The number of allylic oxidation sites excluding steroid dienone is 1. The Morgan fingerprint density at radius 2 is 1.79 bits per heavy atom. The third-order valence-corrected chi connectivity index (χ3v) is 2.88. The fourth-order valence-corrected chi connectivity index (χ4v) is 2.25. The van der Waals surface area contributed by atoms with Gasteiger partial charge in [0.25, 0.3) is 0 Å². The molecule has 19 heavy (non-hydrogen) atoms. The molecule has 1 aliphatic heterocycles. The van der Waals surface area contributed by atoms with E-state index < -0.39 is 5.97 Å². The molecule has 108 valence electrons. The lowest BCUT2D eigenvalue weighted by molar-refractivity contribution is -0.132. The molecule has 0 bridgehead atoms. The molecule has 0 spiro atoms. The molecule has 0 saturated carbocycles. The summed E-state index contributed by atoms with van der Waals surface area (Å²) in [5.74, 6) is -0.832. The van der Waals surface area contributed by atoms with Crippen molar-refractivity contribution in [1.29, 1.82) is 0 Å². The van der Waals surface area contributed by atoms with Crippen molar-refractivity contribution in [3.63, 3.8) is 0 Å². The van der Waals surface area contributed by atoms with Gasteiger partial charge in [0, 0.05) is 18.8 Å². The molecule has 0 amide bonds. The second kappa shape index (κ2) is 5.40. The summed E-state index contributed by atoms with van der Waals surface area (Å²) in [4.78, 5) is 13.4. The van der Waals surface area contributed by atoms with E-state index in [1.165, 1.54) is 0 Å². The fraction of sp³-hybridized carbons (Fsp3) is 0.688. The molecule has 1 aliphatic rings. The first-order valence-corrected chi connectivity index (χ1v) is 6.87. The van der Waals surface area contributed by atoms with E-state index in [0.29, 0.717) is 12.1 Å². The smallest absolute Gasteiger partial charge is 0.335 e. The van der Waals surface area contributed by atoms with Crippen LogP contribution < -0.4 is 0 Å². The number of carbonyl (C=O) groups is 1. The van der Waals surface area contributed by atoms with E-state index in [2.05, 4.69) is 46.4 Å². The molecule has 0 aliphatic carbocycles. The second-order valence-electron chi connectivity index (χ2n) is 7.78. The summed E-state index contributed by atoms with van der Waals surface area (Å²) < 4.78 is 0. The standard InChI is InChI=1S/C16H27NO2/c1-15(2,3)10-13-9-12(14(18)19)7-8-17(13)11-16(4,5)6/h7,9H,8,10-11H2,1-6H3,(H,18,19). The van der Waals surface area contributed by atoms with Crippen molar-refractivity contribution < 1.29 is 9.90 Å². The van der Waals surface area contributed by atoms with Crippen LogP contribution in [-0.4, -0.2) is 29.1 Å².